The predicted molar refractivity (Wildman–Crippen MR) is 225 cm³/mol. The van der Waals surface area contributed by atoms with E-state index >= 15 is 0 Å². The lowest BCUT2D eigenvalue weighted by Gasteiger charge is -2.53. The molecule has 312 valence electrons. The molecule has 7 atom stereocenters. The number of carbonyl (C=O) groups is 1. The van der Waals surface area contributed by atoms with Gasteiger partial charge in [-0.3, -0.25) is 14.6 Å². The molecule has 0 unspecified atom stereocenters. The molecular formula is C44H62ClN5O6S. The molecule has 2 aromatic rings. The molecular weight excluding hydrogens is 762 g/mol. The maximum Gasteiger partial charge on any atom is 0.264 e. The molecule has 1 N–H and O–H groups in total. The number of benzene rings is 2. The normalized spacial score (nSPS) is 33.9. The number of carbonyl (C=O) groups excluding carboxylic acids is 1. The van der Waals surface area contributed by atoms with Gasteiger partial charge < -0.3 is 24.0 Å². The zero-order chi connectivity index (χ0) is 40.0. The van der Waals surface area contributed by atoms with Crippen molar-refractivity contribution in [3.8, 4) is 5.75 Å². The average Bonchev–Trinajstić information content (AvgIpc) is 3.32. The lowest BCUT2D eigenvalue weighted by atomic mass is 9.63. The fourth-order valence-electron chi connectivity index (χ4n) is 10.9. The number of aryl methyl sites for hydroxylation is 1. The van der Waals surface area contributed by atoms with Gasteiger partial charge in [0.05, 0.1) is 30.8 Å². The molecule has 1 saturated carbocycles. The standard InChI is InChI=1S/C44H62ClN5O6S/c1-31-7-5-17-44(54-4,29-48-19-20-49-21-22-55-27-36(49)26-48)38-12-9-34(38)25-50-28-43(16-6-8-32-23-35(45)11-13-37(32)43)30-56-40-14-10-33(24-39(40)50)42(51)46-57(52,53)41(31)15-18-47(2)3/h5,10-11,13-14,17,23-24,31,34,36,38,41H,6-9,12,15-16,18-22,25-30H2,1-4H3,(H,46,51)/b17-5+/t31-,34-,36-,38+,41+,43-,44-/m0/s1. The Bertz CT molecular complexity index is 1930. The number of nitrogens with zero attached hydrogens (tertiary/aromatic N) is 4. The third-order valence-corrected chi connectivity index (χ3v) is 16.4. The number of ether oxygens (including phenoxy) is 3. The number of hydrogen-bond acceptors (Lipinski definition) is 10. The van der Waals surface area contributed by atoms with Crippen LogP contribution in [0.15, 0.2) is 48.6 Å². The number of amides is 1. The molecule has 2 bridgehead atoms. The fraction of sp³-hybridized carbons (Fsp3) is 0.659. The third-order valence-electron chi connectivity index (χ3n) is 14.2. The van der Waals surface area contributed by atoms with Gasteiger partial charge in [-0.1, -0.05) is 36.7 Å². The highest BCUT2D eigenvalue weighted by Crippen LogP contribution is 2.49. The van der Waals surface area contributed by atoms with Crippen molar-refractivity contribution in [2.75, 3.05) is 98.3 Å². The van der Waals surface area contributed by atoms with Crippen molar-refractivity contribution in [3.05, 3.63) is 70.3 Å². The monoisotopic (exact) mass is 823 g/mol. The van der Waals surface area contributed by atoms with E-state index in [0.717, 1.165) is 95.3 Å². The van der Waals surface area contributed by atoms with Crippen LogP contribution in [-0.2, 0) is 31.3 Å². The van der Waals surface area contributed by atoms with Crippen LogP contribution in [0.2, 0.25) is 5.02 Å². The largest absolute Gasteiger partial charge is 0.490 e. The predicted octanol–water partition coefficient (Wildman–Crippen LogP) is 5.22. The quantitative estimate of drug-likeness (QED) is 0.391. The van der Waals surface area contributed by atoms with E-state index in [-0.39, 0.29) is 17.3 Å². The molecule has 11 nitrogen and oxygen atoms in total. The summed E-state index contributed by atoms with van der Waals surface area (Å²) in [6.45, 7) is 10.8. The van der Waals surface area contributed by atoms with Crippen LogP contribution in [-0.4, -0.2) is 139 Å². The SMILES string of the molecule is CO[C@]1(CN2CCN3CCOC[C@@H]3C2)/C=C/C[C@H](C)[C@@H](CCN(C)C)S(=O)(=O)NC(=O)c2ccc3c(c2)N(C[C@@H]2CC[C@H]21)C[C@@]1(CCCc2cc(Cl)ccc21)CO3. The fourth-order valence-corrected chi connectivity index (χ4v) is 12.7. The Labute approximate surface area is 345 Å². The molecule has 6 aliphatic rings. The number of nitrogens with one attached hydrogen (secondary N) is 1. The van der Waals surface area contributed by atoms with Crippen LogP contribution < -0.4 is 14.4 Å². The highest BCUT2D eigenvalue weighted by Gasteiger charge is 2.50. The Morgan fingerprint density at radius 1 is 1.09 bits per heavy atom. The van der Waals surface area contributed by atoms with E-state index in [1.807, 2.05) is 51.2 Å². The first-order valence-electron chi connectivity index (χ1n) is 21.2. The summed E-state index contributed by atoms with van der Waals surface area (Å²) in [6.07, 6.45) is 10.5. The third kappa shape index (κ3) is 8.39. The number of methoxy groups -OCH3 is 1. The van der Waals surface area contributed by atoms with E-state index in [1.54, 1.807) is 6.07 Å². The Balaban J connectivity index is 1.20. The Hall–Kier alpha value is -2.71. The maximum absolute atomic E-state index is 14.2. The second-order valence-electron chi connectivity index (χ2n) is 18.1. The summed E-state index contributed by atoms with van der Waals surface area (Å²) in [4.78, 5) is 23.6. The summed E-state index contributed by atoms with van der Waals surface area (Å²) in [7, 11) is 1.71. The van der Waals surface area contributed by atoms with Gasteiger partial charge in [-0.05, 0) is 125 Å². The highest BCUT2D eigenvalue weighted by atomic mass is 35.5. The van der Waals surface area contributed by atoms with Crippen LogP contribution in [0.5, 0.6) is 5.75 Å². The van der Waals surface area contributed by atoms with E-state index in [0.29, 0.717) is 55.8 Å². The molecule has 57 heavy (non-hydrogen) atoms. The van der Waals surface area contributed by atoms with Crippen LogP contribution in [0.3, 0.4) is 0 Å². The van der Waals surface area contributed by atoms with Crippen molar-refractivity contribution in [3.63, 3.8) is 0 Å². The van der Waals surface area contributed by atoms with Crippen molar-refractivity contribution in [2.45, 2.75) is 74.2 Å². The zero-order valence-electron chi connectivity index (χ0n) is 34.3. The molecule has 2 saturated heterocycles. The summed E-state index contributed by atoms with van der Waals surface area (Å²) in [5.74, 6) is 0.425. The summed E-state index contributed by atoms with van der Waals surface area (Å²) >= 11 is 6.54. The van der Waals surface area contributed by atoms with Crippen LogP contribution in [0.1, 0.15) is 66.9 Å². The average molecular weight is 825 g/mol. The topological polar surface area (TPSA) is 104 Å². The summed E-state index contributed by atoms with van der Waals surface area (Å²) in [5, 5.41) is -0.0223. The van der Waals surface area contributed by atoms with Crippen molar-refractivity contribution in [2.24, 2.45) is 17.8 Å². The first-order chi connectivity index (χ1) is 27.4. The smallest absolute Gasteiger partial charge is 0.264 e. The van der Waals surface area contributed by atoms with Crippen molar-refractivity contribution >= 4 is 33.2 Å². The molecule has 8 rings (SSSR count). The van der Waals surface area contributed by atoms with Crippen LogP contribution >= 0.6 is 11.6 Å². The zero-order valence-corrected chi connectivity index (χ0v) is 35.8. The van der Waals surface area contributed by atoms with E-state index in [4.69, 9.17) is 25.8 Å². The van der Waals surface area contributed by atoms with E-state index in [2.05, 4.69) is 43.7 Å². The van der Waals surface area contributed by atoms with Crippen molar-refractivity contribution in [1.82, 2.24) is 19.4 Å². The minimum atomic E-state index is -4.04. The van der Waals surface area contributed by atoms with Crippen LogP contribution in [0.25, 0.3) is 0 Å². The minimum Gasteiger partial charge on any atom is -0.490 e. The second-order valence-corrected chi connectivity index (χ2v) is 20.4. The first kappa shape index (κ1) is 41.0. The maximum atomic E-state index is 14.2. The lowest BCUT2D eigenvalue weighted by Crippen LogP contribution is -2.62. The van der Waals surface area contributed by atoms with Gasteiger partial charge in [0.15, 0.2) is 0 Å². The van der Waals surface area contributed by atoms with E-state index in [1.165, 1.54) is 11.1 Å². The number of allylic oxidation sites excluding steroid dienone is 1. The van der Waals surface area contributed by atoms with Gasteiger partial charge in [-0.15, -0.1) is 0 Å². The highest BCUT2D eigenvalue weighted by molar-refractivity contribution is 7.90. The molecule has 1 spiro atoms. The molecule has 2 aromatic carbocycles. The molecule has 3 fully saturated rings. The number of piperazine rings is 1. The molecule has 0 radical (unpaired) electrons. The summed E-state index contributed by atoms with van der Waals surface area (Å²) in [6, 6.07) is 12.1. The molecule has 4 aliphatic heterocycles. The van der Waals surface area contributed by atoms with Gasteiger partial charge in [0.1, 0.15) is 11.4 Å². The van der Waals surface area contributed by atoms with Gasteiger partial charge in [0, 0.05) is 75.0 Å². The molecule has 13 heteroatoms. The van der Waals surface area contributed by atoms with Crippen LogP contribution in [0, 0.1) is 17.8 Å². The molecule has 2 aliphatic carbocycles. The number of morpholine rings is 1. The van der Waals surface area contributed by atoms with Gasteiger partial charge in [0.2, 0.25) is 10.0 Å². The molecule has 0 aromatic heterocycles. The first-order valence-corrected chi connectivity index (χ1v) is 23.1. The van der Waals surface area contributed by atoms with Gasteiger partial charge in [-0.2, -0.15) is 0 Å². The number of rotatable bonds is 6. The number of halogens is 1. The second kappa shape index (κ2) is 16.7. The minimum absolute atomic E-state index is 0.239. The van der Waals surface area contributed by atoms with Crippen LogP contribution in [0.4, 0.5) is 5.69 Å². The summed E-state index contributed by atoms with van der Waals surface area (Å²) in [5.41, 5.74) is 2.85. The van der Waals surface area contributed by atoms with Crippen molar-refractivity contribution in [1.29, 1.82) is 0 Å². The number of hydrogen-bond donors (Lipinski definition) is 1. The number of anilines is 1. The Kier molecular flexibility index (Phi) is 12.1. The lowest BCUT2D eigenvalue weighted by molar-refractivity contribution is -0.108. The molecule has 1 amide bonds. The summed E-state index contributed by atoms with van der Waals surface area (Å²) < 4.78 is 50.4. The van der Waals surface area contributed by atoms with Gasteiger partial charge >= 0.3 is 0 Å². The van der Waals surface area contributed by atoms with Crippen molar-refractivity contribution < 1.29 is 27.4 Å². The van der Waals surface area contributed by atoms with Gasteiger partial charge in [-0.25, -0.2) is 13.1 Å². The number of sulfonamides is 1. The Morgan fingerprint density at radius 3 is 2.74 bits per heavy atom. The Morgan fingerprint density at radius 2 is 1.95 bits per heavy atom. The van der Waals surface area contributed by atoms with E-state index in [9.17, 15) is 13.2 Å². The van der Waals surface area contributed by atoms with Gasteiger partial charge in [0.25, 0.3) is 5.91 Å². The molecule has 4 heterocycles. The number of fused-ring (bicyclic) bond motifs is 5. The van der Waals surface area contributed by atoms with E-state index < -0.39 is 26.8 Å².